The summed E-state index contributed by atoms with van der Waals surface area (Å²) in [5.74, 6) is 0.492. The number of anilines is 1. The van der Waals surface area contributed by atoms with Crippen LogP contribution < -0.4 is 9.46 Å². The lowest BCUT2D eigenvalue weighted by molar-refractivity contribution is 0.417. The molecule has 3 aromatic rings. The van der Waals surface area contributed by atoms with Gasteiger partial charge in [-0.1, -0.05) is 12.1 Å². The van der Waals surface area contributed by atoms with Crippen LogP contribution in [0.5, 0.6) is 5.75 Å². The van der Waals surface area contributed by atoms with E-state index in [0.29, 0.717) is 11.4 Å². The fourth-order valence-corrected chi connectivity index (χ4v) is 4.58. The Morgan fingerprint density at radius 1 is 1.08 bits per heavy atom. The minimum atomic E-state index is -3.69. The van der Waals surface area contributed by atoms with Crippen LogP contribution in [-0.2, 0) is 22.9 Å². The quantitative estimate of drug-likeness (QED) is 0.746. The van der Waals surface area contributed by atoms with Gasteiger partial charge in [0.15, 0.2) is 0 Å². The van der Waals surface area contributed by atoms with Crippen molar-refractivity contribution in [1.82, 2.24) is 4.98 Å². The van der Waals surface area contributed by atoms with Crippen LogP contribution in [0.2, 0.25) is 0 Å². The van der Waals surface area contributed by atoms with E-state index in [1.165, 1.54) is 24.8 Å². The summed E-state index contributed by atoms with van der Waals surface area (Å²) in [6.07, 6.45) is 4.36. The highest BCUT2D eigenvalue weighted by atomic mass is 32.2. The molecule has 0 atom stereocenters. The third kappa shape index (κ3) is 2.87. The molecule has 130 valence electrons. The Kier molecular flexibility index (Phi) is 3.92. The van der Waals surface area contributed by atoms with E-state index < -0.39 is 10.0 Å². The number of ether oxygens (including phenoxy) is 1. The molecule has 6 heteroatoms. The van der Waals surface area contributed by atoms with Gasteiger partial charge in [-0.25, -0.2) is 8.42 Å². The van der Waals surface area contributed by atoms with Gasteiger partial charge in [0, 0.05) is 16.6 Å². The summed E-state index contributed by atoms with van der Waals surface area (Å²) >= 11 is 0. The molecule has 0 radical (unpaired) electrons. The van der Waals surface area contributed by atoms with Gasteiger partial charge in [0.05, 0.1) is 17.7 Å². The number of H-pyrrole nitrogens is 1. The fraction of sp³-hybridized carbons (Fsp3) is 0.263. The predicted octanol–water partition coefficient (Wildman–Crippen LogP) is 3.86. The van der Waals surface area contributed by atoms with Crippen LogP contribution in [0, 0.1) is 0 Å². The third-order valence-corrected chi connectivity index (χ3v) is 6.09. The Balaban J connectivity index is 1.75. The Morgan fingerprint density at radius 2 is 1.88 bits per heavy atom. The molecule has 1 heterocycles. The zero-order chi connectivity index (χ0) is 17.4. The monoisotopic (exact) mass is 356 g/mol. The highest BCUT2D eigenvalue weighted by molar-refractivity contribution is 7.92. The van der Waals surface area contributed by atoms with Gasteiger partial charge in [0.25, 0.3) is 10.0 Å². The van der Waals surface area contributed by atoms with Crippen molar-refractivity contribution in [2.24, 2.45) is 0 Å². The first-order valence-corrected chi connectivity index (χ1v) is 9.86. The van der Waals surface area contributed by atoms with E-state index in [-0.39, 0.29) is 4.90 Å². The topological polar surface area (TPSA) is 71.2 Å². The summed E-state index contributed by atoms with van der Waals surface area (Å²) in [4.78, 5) is 3.69. The minimum absolute atomic E-state index is 0.262. The Hall–Kier alpha value is -2.47. The van der Waals surface area contributed by atoms with Crippen molar-refractivity contribution in [2.75, 3.05) is 11.8 Å². The van der Waals surface area contributed by atoms with Crippen molar-refractivity contribution < 1.29 is 13.2 Å². The number of aryl methyl sites for hydroxylation is 2. The second-order valence-corrected chi connectivity index (χ2v) is 7.98. The molecular weight excluding hydrogens is 336 g/mol. The molecule has 2 aromatic carbocycles. The van der Waals surface area contributed by atoms with E-state index in [9.17, 15) is 8.42 Å². The molecule has 1 aromatic heterocycles. The first-order chi connectivity index (χ1) is 12.1. The van der Waals surface area contributed by atoms with Crippen molar-refractivity contribution in [1.29, 1.82) is 0 Å². The average Bonchev–Trinajstić information content (AvgIpc) is 3.00. The molecule has 0 aliphatic heterocycles. The number of hydrogen-bond acceptors (Lipinski definition) is 3. The Morgan fingerprint density at radius 3 is 2.72 bits per heavy atom. The molecule has 0 fully saturated rings. The number of fused-ring (bicyclic) bond motifs is 3. The van der Waals surface area contributed by atoms with E-state index >= 15 is 0 Å². The summed E-state index contributed by atoms with van der Waals surface area (Å²) in [5, 5.41) is 1.01. The van der Waals surface area contributed by atoms with E-state index in [2.05, 4.69) is 9.71 Å². The lowest BCUT2D eigenvalue weighted by Crippen LogP contribution is -2.13. The number of rotatable bonds is 4. The van der Waals surface area contributed by atoms with Crippen molar-refractivity contribution in [3.05, 3.63) is 53.7 Å². The summed E-state index contributed by atoms with van der Waals surface area (Å²) in [6.45, 7) is 0. The number of aromatic amines is 1. The van der Waals surface area contributed by atoms with Crippen LogP contribution in [0.15, 0.2) is 47.4 Å². The molecule has 0 spiro atoms. The number of sulfonamides is 1. The van der Waals surface area contributed by atoms with Crippen molar-refractivity contribution in [3.8, 4) is 5.75 Å². The molecule has 0 bridgehead atoms. The van der Waals surface area contributed by atoms with Gasteiger partial charge in [-0.15, -0.1) is 0 Å². The van der Waals surface area contributed by atoms with Gasteiger partial charge >= 0.3 is 0 Å². The first-order valence-electron chi connectivity index (χ1n) is 8.38. The third-order valence-electron chi connectivity index (χ3n) is 4.73. The zero-order valence-electron chi connectivity index (χ0n) is 14.0. The maximum absolute atomic E-state index is 12.8. The SMILES string of the molecule is COc1ccccc1NS(=O)(=O)c1ccc2[nH]c3c(c2c1)CCCC3. The molecule has 25 heavy (non-hydrogen) atoms. The van der Waals surface area contributed by atoms with Gasteiger partial charge in [-0.3, -0.25) is 4.72 Å². The van der Waals surface area contributed by atoms with Crippen LogP contribution in [0.25, 0.3) is 10.9 Å². The second-order valence-electron chi connectivity index (χ2n) is 6.30. The van der Waals surface area contributed by atoms with Crippen LogP contribution in [0.3, 0.4) is 0 Å². The van der Waals surface area contributed by atoms with Gasteiger partial charge in [0.2, 0.25) is 0 Å². The number of nitrogens with one attached hydrogen (secondary N) is 2. The van der Waals surface area contributed by atoms with Crippen molar-refractivity contribution in [3.63, 3.8) is 0 Å². The maximum Gasteiger partial charge on any atom is 0.262 e. The van der Waals surface area contributed by atoms with E-state index in [1.807, 2.05) is 6.07 Å². The lowest BCUT2D eigenvalue weighted by Gasteiger charge is -2.12. The highest BCUT2D eigenvalue weighted by Gasteiger charge is 2.20. The minimum Gasteiger partial charge on any atom is -0.495 e. The van der Waals surface area contributed by atoms with Crippen LogP contribution in [-0.4, -0.2) is 20.5 Å². The zero-order valence-corrected chi connectivity index (χ0v) is 14.8. The average molecular weight is 356 g/mol. The molecule has 0 amide bonds. The first kappa shape index (κ1) is 16.0. The lowest BCUT2D eigenvalue weighted by atomic mass is 9.96. The molecule has 2 N–H and O–H groups in total. The number of para-hydroxylation sites is 2. The standard InChI is InChI=1S/C19H20N2O3S/c1-24-19-9-5-4-8-18(19)21-25(22,23)13-10-11-17-15(12-13)14-6-2-3-7-16(14)20-17/h4-5,8-12,20-21H,2-3,6-7H2,1H3. The van der Waals surface area contributed by atoms with Crippen LogP contribution in [0.1, 0.15) is 24.1 Å². The molecule has 4 rings (SSSR count). The molecule has 0 saturated heterocycles. The normalized spacial score (nSPS) is 14.3. The molecular formula is C19H20N2O3S. The number of benzene rings is 2. The molecule has 0 unspecified atom stereocenters. The van der Waals surface area contributed by atoms with Gasteiger partial charge in [-0.05, 0) is 61.6 Å². The van der Waals surface area contributed by atoms with Crippen LogP contribution in [0.4, 0.5) is 5.69 Å². The predicted molar refractivity (Wildman–Crippen MR) is 98.7 cm³/mol. The molecule has 0 saturated carbocycles. The van der Waals surface area contributed by atoms with Gasteiger partial charge < -0.3 is 9.72 Å². The summed E-state index contributed by atoms with van der Waals surface area (Å²) < 4.78 is 33.5. The summed E-state index contributed by atoms with van der Waals surface area (Å²) in [7, 11) is -2.17. The van der Waals surface area contributed by atoms with E-state index in [4.69, 9.17) is 4.74 Å². The second kappa shape index (κ2) is 6.11. The Labute approximate surface area is 147 Å². The molecule has 1 aliphatic rings. The van der Waals surface area contributed by atoms with Crippen molar-refractivity contribution >= 4 is 26.6 Å². The molecule has 5 nitrogen and oxygen atoms in total. The van der Waals surface area contributed by atoms with Gasteiger partial charge in [-0.2, -0.15) is 0 Å². The van der Waals surface area contributed by atoms with E-state index in [0.717, 1.165) is 30.2 Å². The van der Waals surface area contributed by atoms with E-state index in [1.54, 1.807) is 36.4 Å². The molecule has 1 aliphatic carbocycles. The Bertz CT molecular complexity index is 1040. The summed E-state index contributed by atoms with van der Waals surface area (Å²) in [6, 6.07) is 12.2. The fourth-order valence-electron chi connectivity index (χ4n) is 3.48. The number of aromatic nitrogens is 1. The number of methoxy groups -OCH3 is 1. The van der Waals surface area contributed by atoms with Crippen LogP contribution >= 0.6 is 0 Å². The largest absolute Gasteiger partial charge is 0.495 e. The van der Waals surface area contributed by atoms with Gasteiger partial charge in [0.1, 0.15) is 5.75 Å². The number of hydrogen-bond donors (Lipinski definition) is 2. The maximum atomic E-state index is 12.8. The summed E-state index contributed by atoms with van der Waals surface area (Å²) in [5.41, 5.74) is 3.94. The smallest absolute Gasteiger partial charge is 0.262 e. The van der Waals surface area contributed by atoms with Crippen molar-refractivity contribution in [2.45, 2.75) is 30.6 Å². The highest BCUT2D eigenvalue weighted by Crippen LogP contribution is 2.32.